The molecule has 56 heavy (non-hydrogen) atoms. The molecule has 0 aliphatic carbocycles. The van der Waals surface area contributed by atoms with Gasteiger partial charge in [0.15, 0.2) is 5.84 Å². The number of hydrogen-bond donors (Lipinski definition) is 1. The Balaban J connectivity index is 0.999. The van der Waals surface area contributed by atoms with Gasteiger partial charge in [0, 0.05) is 51.5 Å². The molecule has 0 radical (unpaired) electrons. The van der Waals surface area contributed by atoms with Crippen molar-refractivity contribution in [3.63, 3.8) is 0 Å². The third kappa shape index (κ3) is 5.72. The van der Waals surface area contributed by atoms with Crippen LogP contribution in [0.1, 0.15) is 22.9 Å². The van der Waals surface area contributed by atoms with Gasteiger partial charge in [-0.1, -0.05) is 164 Å². The molecule has 10 aromatic rings. The molecule has 8 aromatic carbocycles. The fraction of sp³-hybridized carbons (Fsp3) is 0.0196. The van der Waals surface area contributed by atoms with E-state index >= 15 is 0 Å². The lowest BCUT2D eigenvalue weighted by molar-refractivity contribution is 0.674. The first-order valence-electron chi connectivity index (χ1n) is 18.8. The molecule has 0 fully saturated rings. The predicted octanol–water partition coefficient (Wildman–Crippen LogP) is 13.9. The van der Waals surface area contributed by atoms with Crippen LogP contribution >= 0.6 is 22.7 Å². The van der Waals surface area contributed by atoms with Crippen LogP contribution in [0, 0.1) is 0 Å². The van der Waals surface area contributed by atoms with Gasteiger partial charge < -0.3 is 5.32 Å². The largest absolute Gasteiger partial charge is 0.344 e. The molecule has 0 spiro atoms. The van der Waals surface area contributed by atoms with Crippen LogP contribution in [0.25, 0.3) is 73.7 Å². The van der Waals surface area contributed by atoms with E-state index in [0.717, 1.165) is 28.4 Å². The summed E-state index contributed by atoms with van der Waals surface area (Å²) >= 11 is 3.70. The number of aliphatic imine (C=N–C) groups is 2. The lowest BCUT2D eigenvalue weighted by Crippen LogP contribution is -2.33. The standard InChI is InChI=1S/C51H33N3S2/c1-3-12-32(13-4-1)33-22-24-35(25-23-33)50-52-49(34-14-5-2-6-15-34)53-51(54-50)37-27-29-43-47(31-37)56-45-21-11-19-42(48(43)45)39-17-8-7-16-38(39)36-26-28-41-40-18-9-10-20-44(40)55-46(41)30-36/h1-31,49H,(H,52,53,54). The van der Waals surface area contributed by atoms with Crippen molar-refractivity contribution >= 4 is 74.7 Å². The molecule has 1 unspecified atom stereocenters. The number of hydrogen-bond acceptors (Lipinski definition) is 5. The van der Waals surface area contributed by atoms with Crippen LogP contribution in [0.15, 0.2) is 198 Å². The number of benzene rings is 8. The Hall–Kier alpha value is -6.66. The fourth-order valence-electron chi connectivity index (χ4n) is 8.03. The number of nitrogens with zero attached hydrogens (tertiary/aromatic N) is 2. The van der Waals surface area contributed by atoms with Gasteiger partial charge in [0.2, 0.25) is 0 Å². The van der Waals surface area contributed by atoms with Gasteiger partial charge in [0.05, 0.1) is 0 Å². The van der Waals surface area contributed by atoms with Crippen LogP contribution in [-0.2, 0) is 0 Å². The molecular weight excluding hydrogens is 719 g/mol. The Morgan fingerprint density at radius 3 is 1.82 bits per heavy atom. The average molecular weight is 752 g/mol. The Bertz CT molecular complexity index is 3160. The highest BCUT2D eigenvalue weighted by Gasteiger charge is 2.22. The molecule has 2 aromatic heterocycles. The normalized spacial score (nSPS) is 14.2. The highest BCUT2D eigenvalue weighted by Crippen LogP contribution is 2.44. The van der Waals surface area contributed by atoms with Crippen molar-refractivity contribution in [2.45, 2.75) is 6.17 Å². The van der Waals surface area contributed by atoms with E-state index in [9.17, 15) is 0 Å². The Morgan fingerprint density at radius 1 is 0.393 bits per heavy atom. The minimum atomic E-state index is -0.263. The molecule has 5 heteroatoms. The summed E-state index contributed by atoms with van der Waals surface area (Å²) in [7, 11) is 0. The minimum absolute atomic E-state index is 0.263. The van der Waals surface area contributed by atoms with Crippen molar-refractivity contribution in [1.82, 2.24) is 5.32 Å². The first-order chi connectivity index (χ1) is 27.7. The summed E-state index contributed by atoms with van der Waals surface area (Å²) < 4.78 is 5.12. The molecule has 0 saturated heterocycles. The van der Waals surface area contributed by atoms with E-state index in [1.165, 1.54) is 73.7 Å². The fourth-order valence-corrected chi connectivity index (χ4v) is 10.4. The third-order valence-corrected chi connectivity index (χ3v) is 13.0. The smallest absolute Gasteiger partial charge is 0.159 e. The van der Waals surface area contributed by atoms with Gasteiger partial charge in [-0.15, -0.1) is 22.7 Å². The van der Waals surface area contributed by atoms with Gasteiger partial charge in [-0.2, -0.15) is 0 Å². The number of rotatable bonds is 6. The molecule has 0 bridgehead atoms. The molecular formula is C51H33N3S2. The van der Waals surface area contributed by atoms with E-state index in [4.69, 9.17) is 9.98 Å². The Morgan fingerprint density at radius 2 is 0.964 bits per heavy atom. The minimum Gasteiger partial charge on any atom is -0.344 e. The summed E-state index contributed by atoms with van der Waals surface area (Å²) in [5.41, 5.74) is 10.5. The number of fused-ring (bicyclic) bond motifs is 6. The van der Waals surface area contributed by atoms with Crippen molar-refractivity contribution in [3.05, 3.63) is 205 Å². The topological polar surface area (TPSA) is 36.8 Å². The molecule has 1 atom stereocenters. The maximum absolute atomic E-state index is 5.19. The molecule has 3 heterocycles. The zero-order valence-corrected chi connectivity index (χ0v) is 31.8. The second-order valence-corrected chi connectivity index (χ2v) is 16.3. The maximum Gasteiger partial charge on any atom is 0.159 e. The van der Waals surface area contributed by atoms with E-state index in [0.29, 0.717) is 0 Å². The number of amidine groups is 2. The first-order valence-corrected chi connectivity index (χ1v) is 20.5. The van der Waals surface area contributed by atoms with E-state index < -0.39 is 0 Å². The quantitative estimate of drug-likeness (QED) is 0.180. The van der Waals surface area contributed by atoms with E-state index in [1.54, 1.807) is 0 Å². The van der Waals surface area contributed by atoms with Crippen LogP contribution in [0.2, 0.25) is 0 Å². The summed E-state index contributed by atoms with van der Waals surface area (Å²) in [6.45, 7) is 0. The maximum atomic E-state index is 5.19. The molecule has 3 nitrogen and oxygen atoms in total. The van der Waals surface area contributed by atoms with Crippen LogP contribution in [0.3, 0.4) is 0 Å². The second kappa shape index (κ2) is 13.6. The van der Waals surface area contributed by atoms with E-state index in [2.05, 4.69) is 181 Å². The van der Waals surface area contributed by atoms with Gasteiger partial charge in [-0.3, -0.25) is 0 Å². The van der Waals surface area contributed by atoms with Crippen molar-refractivity contribution in [3.8, 4) is 33.4 Å². The monoisotopic (exact) mass is 751 g/mol. The van der Waals surface area contributed by atoms with E-state index in [1.807, 2.05) is 34.8 Å². The van der Waals surface area contributed by atoms with Crippen LogP contribution in [0.5, 0.6) is 0 Å². The molecule has 1 N–H and O–H groups in total. The summed E-state index contributed by atoms with van der Waals surface area (Å²) in [6.07, 6.45) is -0.263. The van der Waals surface area contributed by atoms with Crippen molar-refractivity contribution < 1.29 is 0 Å². The average Bonchev–Trinajstić information content (AvgIpc) is 3.85. The van der Waals surface area contributed by atoms with Crippen molar-refractivity contribution in [2.24, 2.45) is 9.98 Å². The first kappa shape index (κ1) is 32.7. The van der Waals surface area contributed by atoms with Gasteiger partial charge >= 0.3 is 0 Å². The zero-order chi connectivity index (χ0) is 37.0. The highest BCUT2D eigenvalue weighted by atomic mass is 32.1. The van der Waals surface area contributed by atoms with E-state index in [-0.39, 0.29) is 6.17 Å². The summed E-state index contributed by atoms with van der Waals surface area (Å²) in [5, 5.41) is 8.80. The lowest BCUT2D eigenvalue weighted by atomic mass is 9.91. The Labute approximate surface area is 332 Å². The number of thiophene rings is 2. The predicted molar refractivity (Wildman–Crippen MR) is 240 cm³/mol. The summed E-state index contributed by atoms with van der Waals surface area (Å²) in [4.78, 5) is 10.4. The second-order valence-electron chi connectivity index (χ2n) is 14.2. The van der Waals surface area contributed by atoms with Crippen molar-refractivity contribution in [2.75, 3.05) is 0 Å². The molecule has 11 rings (SSSR count). The van der Waals surface area contributed by atoms with Gasteiger partial charge in [0.1, 0.15) is 12.0 Å². The molecule has 0 amide bonds. The van der Waals surface area contributed by atoms with Gasteiger partial charge in [-0.05, 0) is 63.2 Å². The van der Waals surface area contributed by atoms with Gasteiger partial charge in [0.25, 0.3) is 0 Å². The van der Waals surface area contributed by atoms with Crippen molar-refractivity contribution in [1.29, 1.82) is 0 Å². The van der Waals surface area contributed by atoms with Gasteiger partial charge in [-0.25, -0.2) is 9.98 Å². The molecule has 0 saturated carbocycles. The number of nitrogens with one attached hydrogen (secondary N) is 1. The molecule has 1 aliphatic rings. The SMILES string of the molecule is c1ccc(-c2ccc(C3=NC(c4ccc5c(c4)sc4cccc(-c6ccccc6-c6ccc7c(c6)sc6ccccc67)c45)=NC(c4ccccc4)N3)cc2)cc1. The van der Waals surface area contributed by atoms with Crippen LogP contribution in [-0.4, -0.2) is 11.7 Å². The third-order valence-electron chi connectivity index (χ3n) is 10.8. The summed E-state index contributed by atoms with van der Waals surface area (Å²) in [6, 6.07) is 67.5. The Kier molecular flexibility index (Phi) is 7.94. The highest BCUT2D eigenvalue weighted by molar-refractivity contribution is 7.26. The molecule has 1 aliphatic heterocycles. The van der Waals surface area contributed by atoms with Crippen LogP contribution < -0.4 is 5.32 Å². The lowest BCUT2D eigenvalue weighted by Gasteiger charge is -2.23. The van der Waals surface area contributed by atoms with Crippen LogP contribution in [0.4, 0.5) is 0 Å². The molecule has 264 valence electrons. The summed E-state index contributed by atoms with van der Waals surface area (Å²) in [5.74, 6) is 1.54. The zero-order valence-electron chi connectivity index (χ0n) is 30.2.